The summed E-state index contributed by atoms with van der Waals surface area (Å²) < 4.78 is 5.68. The van der Waals surface area contributed by atoms with Gasteiger partial charge < -0.3 is 10.1 Å². The Balaban J connectivity index is 1.66. The number of carbonyl (C=O) groups is 1. The van der Waals surface area contributed by atoms with Gasteiger partial charge in [0.25, 0.3) is 5.91 Å². The molecule has 2 aromatic rings. The predicted octanol–water partition coefficient (Wildman–Crippen LogP) is 4.35. The van der Waals surface area contributed by atoms with E-state index in [0.29, 0.717) is 6.54 Å². The molecule has 0 aliphatic heterocycles. The van der Waals surface area contributed by atoms with Crippen LogP contribution in [0, 0.1) is 27.7 Å². The standard InChI is InChI=1S/C21H27NO2S/c1-15-6-5-7-19(11-15)14-25-9-8-22-21(23)13-24-20-12-16(2)10-17(3)18(20)4/h5-7,10-12H,8-9,13-14H2,1-4H3,(H,22,23). The lowest BCUT2D eigenvalue weighted by molar-refractivity contribution is -0.122. The third kappa shape index (κ3) is 6.46. The van der Waals surface area contributed by atoms with E-state index in [0.717, 1.165) is 28.4 Å². The predicted molar refractivity (Wildman–Crippen MR) is 106 cm³/mol. The molecule has 0 saturated heterocycles. The summed E-state index contributed by atoms with van der Waals surface area (Å²) in [5.41, 5.74) is 6.02. The lowest BCUT2D eigenvalue weighted by Crippen LogP contribution is -2.30. The van der Waals surface area contributed by atoms with E-state index in [2.05, 4.69) is 49.5 Å². The van der Waals surface area contributed by atoms with Gasteiger partial charge in [0.15, 0.2) is 6.61 Å². The van der Waals surface area contributed by atoms with Crippen LogP contribution in [0.25, 0.3) is 0 Å². The summed E-state index contributed by atoms with van der Waals surface area (Å²) in [6.07, 6.45) is 0. The molecule has 2 aromatic carbocycles. The van der Waals surface area contributed by atoms with Gasteiger partial charge >= 0.3 is 0 Å². The zero-order chi connectivity index (χ0) is 18.2. The highest BCUT2D eigenvalue weighted by atomic mass is 32.2. The van der Waals surface area contributed by atoms with Crippen molar-refractivity contribution in [1.82, 2.24) is 5.32 Å². The fraction of sp³-hybridized carbons (Fsp3) is 0.381. The average molecular weight is 358 g/mol. The lowest BCUT2D eigenvalue weighted by atomic mass is 10.1. The summed E-state index contributed by atoms with van der Waals surface area (Å²) in [6, 6.07) is 12.6. The normalized spacial score (nSPS) is 10.6. The second-order valence-corrected chi connectivity index (χ2v) is 7.49. The number of hydrogen-bond donors (Lipinski definition) is 1. The molecule has 0 saturated carbocycles. The Morgan fingerprint density at radius 1 is 1.08 bits per heavy atom. The molecule has 0 atom stereocenters. The monoisotopic (exact) mass is 357 g/mol. The van der Waals surface area contributed by atoms with Gasteiger partial charge in [0.05, 0.1) is 0 Å². The van der Waals surface area contributed by atoms with Gasteiger partial charge in [0, 0.05) is 18.1 Å². The highest BCUT2D eigenvalue weighted by Gasteiger charge is 2.07. The van der Waals surface area contributed by atoms with E-state index in [4.69, 9.17) is 4.74 Å². The molecule has 0 spiro atoms. The smallest absolute Gasteiger partial charge is 0.257 e. The molecule has 0 unspecified atom stereocenters. The summed E-state index contributed by atoms with van der Waals surface area (Å²) in [5, 5.41) is 2.91. The minimum absolute atomic E-state index is 0.0618. The number of amides is 1. The summed E-state index contributed by atoms with van der Waals surface area (Å²) in [6.45, 7) is 8.93. The molecule has 0 aliphatic carbocycles. The van der Waals surface area contributed by atoms with Crippen LogP contribution >= 0.6 is 11.8 Å². The zero-order valence-electron chi connectivity index (χ0n) is 15.5. The molecule has 0 aromatic heterocycles. The molecule has 1 N–H and O–H groups in total. The first-order valence-corrected chi connectivity index (χ1v) is 9.72. The van der Waals surface area contributed by atoms with E-state index in [1.807, 2.05) is 31.7 Å². The van der Waals surface area contributed by atoms with Crippen LogP contribution in [-0.4, -0.2) is 24.8 Å². The van der Waals surface area contributed by atoms with Crippen LogP contribution in [0.2, 0.25) is 0 Å². The maximum absolute atomic E-state index is 11.9. The van der Waals surface area contributed by atoms with Crippen LogP contribution in [0.3, 0.4) is 0 Å². The van der Waals surface area contributed by atoms with Crippen molar-refractivity contribution in [2.45, 2.75) is 33.4 Å². The van der Waals surface area contributed by atoms with Crippen molar-refractivity contribution in [3.63, 3.8) is 0 Å². The number of nitrogens with one attached hydrogen (secondary N) is 1. The number of thioether (sulfide) groups is 1. The van der Waals surface area contributed by atoms with E-state index in [-0.39, 0.29) is 12.5 Å². The summed E-state index contributed by atoms with van der Waals surface area (Å²) in [5.74, 6) is 2.58. The Hall–Kier alpha value is -1.94. The molecule has 0 fully saturated rings. The van der Waals surface area contributed by atoms with E-state index >= 15 is 0 Å². The van der Waals surface area contributed by atoms with Crippen molar-refractivity contribution in [3.8, 4) is 5.75 Å². The molecule has 0 aliphatic rings. The van der Waals surface area contributed by atoms with Gasteiger partial charge in [-0.15, -0.1) is 0 Å². The second-order valence-electron chi connectivity index (χ2n) is 6.39. The van der Waals surface area contributed by atoms with Gasteiger partial charge in [0.2, 0.25) is 0 Å². The number of ether oxygens (including phenoxy) is 1. The largest absolute Gasteiger partial charge is 0.483 e. The van der Waals surface area contributed by atoms with Crippen LogP contribution < -0.4 is 10.1 Å². The van der Waals surface area contributed by atoms with Gasteiger partial charge in [-0.05, 0) is 56.0 Å². The molecule has 1 amide bonds. The molecule has 0 radical (unpaired) electrons. The van der Waals surface area contributed by atoms with E-state index in [1.165, 1.54) is 16.7 Å². The van der Waals surface area contributed by atoms with Gasteiger partial charge in [-0.2, -0.15) is 11.8 Å². The maximum Gasteiger partial charge on any atom is 0.257 e. The first-order valence-electron chi connectivity index (χ1n) is 8.56. The molecule has 0 heterocycles. The summed E-state index contributed by atoms with van der Waals surface area (Å²) >= 11 is 1.82. The summed E-state index contributed by atoms with van der Waals surface area (Å²) in [4.78, 5) is 11.9. The molecule has 134 valence electrons. The molecule has 25 heavy (non-hydrogen) atoms. The van der Waals surface area contributed by atoms with E-state index < -0.39 is 0 Å². The van der Waals surface area contributed by atoms with Crippen LogP contribution in [0.15, 0.2) is 36.4 Å². The zero-order valence-corrected chi connectivity index (χ0v) is 16.3. The second kappa shape index (κ2) is 9.52. The topological polar surface area (TPSA) is 38.3 Å². The maximum atomic E-state index is 11.9. The Bertz CT molecular complexity index is 728. The van der Waals surface area contributed by atoms with Crippen LogP contribution in [0.5, 0.6) is 5.75 Å². The van der Waals surface area contributed by atoms with Crippen molar-refractivity contribution < 1.29 is 9.53 Å². The minimum atomic E-state index is -0.0743. The fourth-order valence-corrected chi connectivity index (χ4v) is 3.41. The molecule has 2 rings (SSSR count). The third-order valence-corrected chi connectivity index (χ3v) is 5.07. The fourth-order valence-electron chi connectivity index (χ4n) is 2.60. The van der Waals surface area contributed by atoms with Crippen LogP contribution in [-0.2, 0) is 10.5 Å². The highest BCUT2D eigenvalue weighted by Crippen LogP contribution is 2.23. The van der Waals surface area contributed by atoms with Crippen molar-refractivity contribution >= 4 is 17.7 Å². The number of aryl methyl sites for hydroxylation is 3. The van der Waals surface area contributed by atoms with Gasteiger partial charge in [-0.1, -0.05) is 35.9 Å². The number of rotatable bonds is 8. The van der Waals surface area contributed by atoms with E-state index in [9.17, 15) is 4.79 Å². The Morgan fingerprint density at radius 2 is 1.88 bits per heavy atom. The summed E-state index contributed by atoms with van der Waals surface area (Å²) in [7, 11) is 0. The molecule has 3 nitrogen and oxygen atoms in total. The molecular weight excluding hydrogens is 330 g/mol. The Morgan fingerprint density at radius 3 is 2.64 bits per heavy atom. The van der Waals surface area contributed by atoms with Crippen molar-refractivity contribution in [2.75, 3.05) is 18.9 Å². The van der Waals surface area contributed by atoms with Crippen LogP contribution in [0.1, 0.15) is 27.8 Å². The van der Waals surface area contributed by atoms with Crippen molar-refractivity contribution in [3.05, 3.63) is 64.2 Å². The lowest BCUT2D eigenvalue weighted by Gasteiger charge is -2.12. The number of hydrogen-bond acceptors (Lipinski definition) is 3. The quantitative estimate of drug-likeness (QED) is 0.714. The molecule has 0 bridgehead atoms. The van der Waals surface area contributed by atoms with Gasteiger partial charge in [-0.25, -0.2) is 0 Å². The molecule has 4 heteroatoms. The Kier molecular flexibility index (Phi) is 7.38. The van der Waals surface area contributed by atoms with Gasteiger partial charge in [0.1, 0.15) is 5.75 Å². The first-order chi connectivity index (χ1) is 12.0. The molecular formula is C21H27NO2S. The third-order valence-electron chi connectivity index (χ3n) is 4.04. The number of benzene rings is 2. The van der Waals surface area contributed by atoms with Crippen LogP contribution in [0.4, 0.5) is 0 Å². The number of carbonyl (C=O) groups excluding carboxylic acids is 1. The average Bonchev–Trinajstić information content (AvgIpc) is 2.56. The van der Waals surface area contributed by atoms with Crippen molar-refractivity contribution in [1.29, 1.82) is 0 Å². The Labute approximate surface area is 155 Å². The highest BCUT2D eigenvalue weighted by molar-refractivity contribution is 7.98. The SMILES string of the molecule is Cc1cccc(CSCCNC(=O)COc2cc(C)cc(C)c2C)c1. The first kappa shape index (κ1) is 19.4. The van der Waals surface area contributed by atoms with Gasteiger partial charge in [-0.3, -0.25) is 4.79 Å². The van der Waals surface area contributed by atoms with E-state index in [1.54, 1.807) is 0 Å². The van der Waals surface area contributed by atoms with Crippen molar-refractivity contribution in [2.24, 2.45) is 0 Å². The minimum Gasteiger partial charge on any atom is -0.483 e.